The molecule has 1 N–H and O–H groups in total. The van der Waals surface area contributed by atoms with Gasteiger partial charge in [-0.25, -0.2) is 0 Å². The van der Waals surface area contributed by atoms with Gasteiger partial charge in [-0.15, -0.1) is 10.2 Å². The molecule has 0 unspecified atom stereocenters. The zero-order valence-corrected chi connectivity index (χ0v) is 16.4. The molecule has 1 saturated carbocycles. The second-order valence-corrected chi connectivity index (χ2v) is 8.64. The molecule has 0 radical (unpaired) electrons. The first-order valence-corrected chi connectivity index (χ1v) is 10.7. The van der Waals surface area contributed by atoms with E-state index in [4.69, 9.17) is 0 Å². The van der Waals surface area contributed by atoms with Gasteiger partial charge in [0.25, 0.3) is 0 Å². The molecule has 5 atom stereocenters. The van der Waals surface area contributed by atoms with Crippen molar-refractivity contribution >= 4 is 34.2 Å². The number of allylic oxidation sites excluding steroid dienone is 2. The van der Waals surface area contributed by atoms with Gasteiger partial charge < -0.3 is 5.32 Å². The van der Waals surface area contributed by atoms with Crippen LogP contribution in [0.25, 0.3) is 0 Å². The molecule has 1 aromatic heterocycles. The van der Waals surface area contributed by atoms with E-state index in [0.29, 0.717) is 5.13 Å². The van der Waals surface area contributed by atoms with Gasteiger partial charge in [0, 0.05) is 0 Å². The number of rotatable bonds is 5. The molecule has 8 heteroatoms. The Balaban J connectivity index is 1.46. The highest BCUT2D eigenvalue weighted by molar-refractivity contribution is 7.13. The van der Waals surface area contributed by atoms with E-state index < -0.39 is 6.04 Å². The van der Waals surface area contributed by atoms with Gasteiger partial charge in [0.2, 0.25) is 22.9 Å². The molecule has 148 valence electrons. The van der Waals surface area contributed by atoms with Crippen LogP contribution in [-0.2, 0) is 14.4 Å². The van der Waals surface area contributed by atoms with E-state index in [1.807, 2.05) is 30.3 Å². The van der Waals surface area contributed by atoms with Crippen LogP contribution >= 0.6 is 11.3 Å². The number of nitrogens with one attached hydrogen (secondary N) is 1. The number of carbonyl (C=O) groups is 3. The lowest BCUT2D eigenvalue weighted by Gasteiger charge is -2.38. The fourth-order valence-electron chi connectivity index (χ4n) is 5.01. The van der Waals surface area contributed by atoms with Gasteiger partial charge in [-0.3, -0.25) is 19.3 Å². The number of carbonyl (C=O) groups excluding carboxylic acids is 3. The molecule has 7 nitrogen and oxygen atoms in total. The molecule has 1 aromatic carbocycles. The maximum Gasteiger partial charge on any atom is 0.234 e. The van der Waals surface area contributed by atoms with Gasteiger partial charge in [-0.2, -0.15) is 0 Å². The molecule has 2 heterocycles. The summed E-state index contributed by atoms with van der Waals surface area (Å²) in [5.41, 5.74) is 2.31. The first-order chi connectivity index (χ1) is 14.1. The maximum atomic E-state index is 13.4. The van der Waals surface area contributed by atoms with Crippen LogP contribution in [0.3, 0.4) is 0 Å². The van der Waals surface area contributed by atoms with Crippen molar-refractivity contribution in [1.29, 1.82) is 0 Å². The molecule has 4 aliphatic rings. The normalized spacial score (nSPS) is 28.5. The predicted octanol–water partition coefficient (Wildman–Crippen LogP) is 2.81. The van der Waals surface area contributed by atoms with Crippen LogP contribution in [0.4, 0.5) is 5.13 Å². The SMILES string of the molecule is O=C(C[C@H](c1ccccc1)N1C(=O)[C@@H]2[C@H](C1=O)[C@H]1C=C[C@H]2CC1)Nc1nncs1. The molecular formula is C21H20N4O3S. The van der Waals surface area contributed by atoms with Gasteiger partial charge in [0.05, 0.1) is 24.3 Å². The third kappa shape index (κ3) is 3.07. The molecule has 2 bridgehead atoms. The van der Waals surface area contributed by atoms with E-state index in [2.05, 4.69) is 27.7 Å². The summed E-state index contributed by atoms with van der Waals surface area (Å²) in [6.07, 6.45) is 6.09. The van der Waals surface area contributed by atoms with E-state index in [-0.39, 0.29) is 47.8 Å². The van der Waals surface area contributed by atoms with Gasteiger partial charge in [0.15, 0.2) is 0 Å². The van der Waals surface area contributed by atoms with Gasteiger partial charge >= 0.3 is 0 Å². The van der Waals surface area contributed by atoms with Crippen molar-refractivity contribution in [2.75, 3.05) is 5.32 Å². The minimum Gasteiger partial charge on any atom is -0.300 e. The Morgan fingerprint density at radius 3 is 2.31 bits per heavy atom. The molecule has 3 aliphatic carbocycles. The summed E-state index contributed by atoms with van der Waals surface area (Å²) in [7, 11) is 0. The number of nitrogens with zero attached hydrogens (tertiary/aromatic N) is 3. The van der Waals surface area contributed by atoms with Crippen molar-refractivity contribution in [3.63, 3.8) is 0 Å². The number of anilines is 1. The summed E-state index contributed by atoms with van der Waals surface area (Å²) < 4.78 is 0. The standard InChI is InChI=1S/C21H20N4O3S/c26-16(23-21-24-22-11-29-21)10-15(12-4-2-1-3-5-12)25-19(27)17-13-6-7-14(9-8-13)18(17)20(25)28/h1-7,11,13-15,17-18H,8-10H2,(H,23,24,26)/t13-,14-,15+,17-,18+/m0/s1. The zero-order chi connectivity index (χ0) is 20.0. The summed E-state index contributed by atoms with van der Waals surface area (Å²) in [6, 6.07) is 8.67. The Hall–Kier alpha value is -2.87. The number of benzene rings is 1. The van der Waals surface area contributed by atoms with Gasteiger partial charge in [-0.1, -0.05) is 53.8 Å². The summed E-state index contributed by atoms with van der Waals surface area (Å²) >= 11 is 1.22. The van der Waals surface area contributed by atoms with E-state index in [1.165, 1.54) is 21.7 Å². The Morgan fingerprint density at radius 1 is 1.10 bits per heavy atom. The number of hydrogen-bond donors (Lipinski definition) is 1. The fourth-order valence-corrected chi connectivity index (χ4v) is 5.47. The van der Waals surface area contributed by atoms with E-state index in [9.17, 15) is 14.4 Å². The molecule has 1 aliphatic heterocycles. The highest BCUT2D eigenvalue weighted by Gasteiger charge is 2.58. The van der Waals surface area contributed by atoms with Gasteiger partial charge in [-0.05, 0) is 30.2 Å². The summed E-state index contributed by atoms with van der Waals surface area (Å²) in [5, 5.41) is 10.7. The van der Waals surface area contributed by atoms with Crippen molar-refractivity contribution in [3.8, 4) is 0 Å². The molecule has 1 saturated heterocycles. The monoisotopic (exact) mass is 408 g/mol. The van der Waals surface area contributed by atoms with Crippen molar-refractivity contribution in [2.24, 2.45) is 23.7 Å². The number of hydrogen-bond acceptors (Lipinski definition) is 6. The average molecular weight is 408 g/mol. The van der Waals surface area contributed by atoms with Crippen LogP contribution in [-0.4, -0.2) is 32.8 Å². The number of likely N-dealkylation sites (tertiary alicyclic amines) is 1. The second kappa shape index (κ2) is 7.18. The predicted molar refractivity (Wildman–Crippen MR) is 107 cm³/mol. The first-order valence-electron chi connectivity index (χ1n) is 9.79. The molecule has 6 rings (SSSR count). The Kier molecular flexibility index (Phi) is 4.50. The zero-order valence-electron chi connectivity index (χ0n) is 15.6. The van der Waals surface area contributed by atoms with E-state index in [0.717, 1.165) is 18.4 Å². The summed E-state index contributed by atoms with van der Waals surface area (Å²) in [4.78, 5) is 40.8. The number of fused-ring (bicyclic) bond motifs is 1. The third-order valence-electron chi connectivity index (χ3n) is 6.27. The van der Waals surface area contributed by atoms with Crippen LogP contribution in [0.5, 0.6) is 0 Å². The Labute approximate surface area is 171 Å². The van der Waals surface area contributed by atoms with E-state index in [1.54, 1.807) is 0 Å². The quantitative estimate of drug-likeness (QED) is 0.607. The van der Waals surface area contributed by atoms with Crippen LogP contribution in [0.1, 0.15) is 30.9 Å². The number of aromatic nitrogens is 2. The molecule has 0 spiro atoms. The molecule has 2 aromatic rings. The van der Waals surface area contributed by atoms with Crippen LogP contribution < -0.4 is 5.32 Å². The molecular weight excluding hydrogens is 388 g/mol. The van der Waals surface area contributed by atoms with Gasteiger partial charge in [0.1, 0.15) is 5.51 Å². The van der Waals surface area contributed by atoms with Crippen LogP contribution in [0.15, 0.2) is 48.0 Å². The fraction of sp³-hybridized carbons (Fsp3) is 0.381. The minimum atomic E-state index is -0.630. The highest BCUT2D eigenvalue weighted by atomic mass is 32.1. The molecule has 29 heavy (non-hydrogen) atoms. The second-order valence-electron chi connectivity index (χ2n) is 7.81. The molecule has 2 fully saturated rings. The van der Waals surface area contributed by atoms with Crippen molar-refractivity contribution in [2.45, 2.75) is 25.3 Å². The van der Waals surface area contributed by atoms with Crippen LogP contribution in [0.2, 0.25) is 0 Å². The van der Waals surface area contributed by atoms with E-state index >= 15 is 0 Å². The lowest BCUT2D eigenvalue weighted by Crippen LogP contribution is -2.38. The van der Waals surface area contributed by atoms with Crippen molar-refractivity contribution < 1.29 is 14.4 Å². The first kappa shape index (κ1) is 18.2. The number of imide groups is 1. The third-order valence-corrected chi connectivity index (χ3v) is 6.88. The average Bonchev–Trinajstić information content (AvgIpc) is 3.35. The highest BCUT2D eigenvalue weighted by Crippen LogP contribution is 2.51. The Bertz CT molecular complexity index is 943. The van der Waals surface area contributed by atoms with Crippen LogP contribution in [0, 0.1) is 23.7 Å². The summed E-state index contributed by atoms with van der Waals surface area (Å²) in [6.45, 7) is 0. The smallest absolute Gasteiger partial charge is 0.234 e. The largest absolute Gasteiger partial charge is 0.300 e. The molecule has 3 amide bonds. The lowest BCUT2D eigenvalue weighted by atomic mass is 9.63. The maximum absolute atomic E-state index is 13.4. The van der Waals surface area contributed by atoms with Crippen molar-refractivity contribution in [1.82, 2.24) is 15.1 Å². The summed E-state index contributed by atoms with van der Waals surface area (Å²) in [5.74, 6) is -0.913. The topological polar surface area (TPSA) is 92.3 Å². The number of amides is 3. The minimum absolute atomic E-state index is 0.0106. The Morgan fingerprint density at radius 2 is 1.76 bits per heavy atom. The van der Waals surface area contributed by atoms with Crippen molar-refractivity contribution in [3.05, 3.63) is 53.6 Å². The lowest BCUT2D eigenvalue weighted by molar-refractivity contribution is -0.143.